The van der Waals surface area contributed by atoms with Crippen LogP contribution in [0.1, 0.15) is 5.56 Å². The van der Waals surface area contributed by atoms with Crippen LogP contribution in [0, 0.1) is 3.57 Å². The van der Waals surface area contributed by atoms with Gasteiger partial charge in [-0.05, 0) is 78.2 Å². The summed E-state index contributed by atoms with van der Waals surface area (Å²) in [7, 11) is 0.0765. The van der Waals surface area contributed by atoms with E-state index < -0.39 is 10.0 Å². The Morgan fingerprint density at radius 1 is 1.03 bits per heavy atom. The normalized spacial score (nSPS) is 17.3. The van der Waals surface area contributed by atoms with Crippen LogP contribution in [0.5, 0.6) is 5.75 Å². The lowest BCUT2D eigenvalue weighted by Gasteiger charge is -2.35. The van der Waals surface area contributed by atoms with Crippen molar-refractivity contribution in [2.24, 2.45) is 0 Å². The summed E-state index contributed by atoms with van der Waals surface area (Å²) >= 11 is 3.97. The van der Waals surface area contributed by atoms with Crippen molar-refractivity contribution < 1.29 is 13.2 Å². The number of rotatable bonds is 5. The molecule has 0 radical (unpaired) electrons. The van der Waals surface area contributed by atoms with Gasteiger partial charge in [0.1, 0.15) is 5.75 Å². The van der Waals surface area contributed by atoms with Crippen molar-refractivity contribution in [3.05, 3.63) is 39.5 Å². The predicted molar refractivity (Wildman–Crippen MR) is 132 cm³/mol. The Labute approximate surface area is 196 Å². The first-order chi connectivity index (χ1) is 14.3. The second-order valence-corrected chi connectivity index (χ2v) is 11.4. The van der Waals surface area contributed by atoms with Gasteiger partial charge >= 0.3 is 0 Å². The van der Waals surface area contributed by atoms with Crippen molar-refractivity contribution in [1.82, 2.24) is 4.90 Å². The quantitative estimate of drug-likeness (QED) is 0.413. The minimum absolute atomic E-state index is 0.314. The maximum atomic E-state index is 13.6. The van der Waals surface area contributed by atoms with Gasteiger partial charge in [-0.25, -0.2) is 8.42 Å². The summed E-state index contributed by atoms with van der Waals surface area (Å²) in [5, 5.41) is 0. The van der Waals surface area contributed by atoms with Gasteiger partial charge in [0.2, 0.25) is 0 Å². The summed E-state index contributed by atoms with van der Waals surface area (Å²) in [5.74, 6) is 0.708. The molecule has 9 heteroatoms. The SMILES string of the molecule is COc1ccc(S(=O)(=O)N2CCc3cc(SC)c(I)cc32)cc1N1CCN(C)CC1. The first-order valence-electron chi connectivity index (χ1n) is 9.86. The van der Waals surface area contributed by atoms with Gasteiger partial charge in [-0.3, -0.25) is 4.31 Å². The van der Waals surface area contributed by atoms with E-state index in [0.717, 1.165) is 53.1 Å². The number of methoxy groups -OCH3 is 1. The number of fused-ring (bicyclic) bond motifs is 1. The lowest BCUT2D eigenvalue weighted by molar-refractivity contribution is 0.311. The van der Waals surface area contributed by atoms with Crippen molar-refractivity contribution in [3.63, 3.8) is 0 Å². The third-order valence-electron chi connectivity index (χ3n) is 5.79. The molecule has 2 aliphatic heterocycles. The topological polar surface area (TPSA) is 53.1 Å². The van der Waals surface area contributed by atoms with Gasteiger partial charge in [-0.2, -0.15) is 0 Å². The third kappa shape index (κ3) is 4.01. The molecule has 0 amide bonds. The van der Waals surface area contributed by atoms with E-state index in [1.807, 2.05) is 12.3 Å². The zero-order valence-electron chi connectivity index (χ0n) is 17.4. The minimum Gasteiger partial charge on any atom is -0.495 e. The smallest absolute Gasteiger partial charge is 0.264 e. The molecule has 2 aliphatic rings. The molecule has 6 nitrogen and oxygen atoms in total. The summed E-state index contributed by atoms with van der Waals surface area (Å²) in [5.41, 5.74) is 2.74. The number of hydrogen-bond acceptors (Lipinski definition) is 6. The molecule has 2 aromatic carbocycles. The van der Waals surface area contributed by atoms with Gasteiger partial charge in [0, 0.05) is 41.2 Å². The van der Waals surface area contributed by atoms with Crippen molar-refractivity contribution in [3.8, 4) is 5.75 Å². The molecule has 0 saturated carbocycles. The molecule has 1 saturated heterocycles. The fourth-order valence-corrected chi connectivity index (χ4v) is 7.16. The lowest BCUT2D eigenvalue weighted by atomic mass is 10.2. The van der Waals surface area contributed by atoms with Crippen LogP contribution < -0.4 is 13.9 Å². The Kier molecular flexibility index (Phi) is 6.43. The molecule has 0 aromatic heterocycles. The van der Waals surface area contributed by atoms with E-state index in [2.05, 4.69) is 45.5 Å². The summed E-state index contributed by atoms with van der Waals surface area (Å²) in [6.07, 6.45) is 2.78. The van der Waals surface area contributed by atoms with Gasteiger partial charge in [0.15, 0.2) is 0 Å². The Bertz CT molecular complexity index is 1050. The number of thioether (sulfide) groups is 1. The van der Waals surface area contributed by atoms with E-state index >= 15 is 0 Å². The van der Waals surface area contributed by atoms with Gasteiger partial charge < -0.3 is 14.5 Å². The van der Waals surface area contributed by atoms with Gasteiger partial charge in [-0.15, -0.1) is 11.8 Å². The molecule has 2 aromatic rings. The van der Waals surface area contributed by atoms with Crippen LogP contribution in [0.15, 0.2) is 40.1 Å². The lowest BCUT2D eigenvalue weighted by Crippen LogP contribution is -2.44. The number of piperazine rings is 1. The number of likely N-dealkylation sites (N-methyl/N-ethyl adjacent to an activating group) is 1. The number of halogens is 1. The predicted octanol–water partition coefficient (Wildman–Crippen LogP) is 3.52. The highest BCUT2D eigenvalue weighted by Crippen LogP contribution is 2.39. The average Bonchev–Trinajstić information content (AvgIpc) is 3.16. The molecule has 30 heavy (non-hydrogen) atoms. The highest BCUT2D eigenvalue weighted by atomic mass is 127. The highest BCUT2D eigenvalue weighted by Gasteiger charge is 2.32. The van der Waals surface area contributed by atoms with Crippen LogP contribution in [0.3, 0.4) is 0 Å². The van der Waals surface area contributed by atoms with E-state index in [4.69, 9.17) is 4.74 Å². The summed E-state index contributed by atoms with van der Waals surface area (Å²) in [6.45, 7) is 4.05. The number of benzene rings is 2. The van der Waals surface area contributed by atoms with Gasteiger partial charge in [0.25, 0.3) is 10.0 Å². The van der Waals surface area contributed by atoms with Crippen molar-refractivity contribution in [2.45, 2.75) is 16.2 Å². The zero-order valence-corrected chi connectivity index (χ0v) is 21.2. The standard InChI is InChI=1S/C21H26IN3O3S2/c1-23-8-10-24(11-9-23)19-13-16(4-5-20(19)28-2)30(26,27)25-7-6-15-12-21(29-3)17(22)14-18(15)25/h4-5,12-14H,6-11H2,1-3H3. The molecule has 0 bridgehead atoms. The molecule has 1 fully saturated rings. The fraction of sp³-hybridized carbons (Fsp3) is 0.429. The maximum Gasteiger partial charge on any atom is 0.264 e. The summed E-state index contributed by atoms with van der Waals surface area (Å²) in [4.78, 5) is 5.99. The monoisotopic (exact) mass is 559 g/mol. The van der Waals surface area contributed by atoms with Crippen LogP contribution in [0.2, 0.25) is 0 Å². The van der Waals surface area contributed by atoms with E-state index in [-0.39, 0.29) is 0 Å². The number of hydrogen-bond donors (Lipinski definition) is 0. The summed E-state index contributed by atoms with van der Waals surface area (Å²) < 4.78 is 35.4. The number of sulfonamides is 1. The molecular weight excluding hydrogens is 533 g/mol. The van der Waals surface area contributed by atoms with Crippen LogP contribution >= 0.6 is 34.4 Å². The van der Waals surface area contributed by atoms with Crippen LogP contribution in [0.25, 0.3) is 0 Å². The molecule has 162 valence electrons. The molecular formula is C21H26IN3O3S2. The fourth-order valence-electron chi connectivity index (χ4n) is 4.02. The highest BCUT2D eigenvalue weighted by molar-refractivity contribution is 14.1. The largest absolute Gasteiger partial charge is 0.495 e. The summed E-state index contributed by atoms with van der Waals surface area (Å²) in [6, 6.07) is 9.34. The maximum absolute atomic E-state index is 13.6. The number of ether oxygens (including phenoxy) is 1. The molecule has 4 rings (SSSR count). The van der Waals surface area contributed by atoms with Crippen LogP contribution in [-0.4, -0.2) is 66.5 Å². The van der Waals surface area contributed by atoms with E-state index in [1.165, 1.54) is 4.90 Å². The van der Waals surface area contributed by atoms with E-state index in [0.29, 0.717) is 17.2 Å². The molecule has 0 aliphatic carbocycles. The van der Waals surface area contributed by atoms with Crippen LogP contribution in [-0.2, 0) is 16.4 Å². The number of anilines is 2. The van der Waals surface area contributed by atoms with E-state index in [9.17, 15) is 8.42 Å². The Morgan fingerprint density at radius 3 is 2.43 bits per heavy atom. The number of nitrogens with zero attached hydrogens (tertiary/aromatic N) is 3. The second kappa shape index (κ2) is 8.76. The van der Waals surface area contributed by atoms with Crippen molar-refractivity contribution in [2.75, 3.05) is 62.3 Å². The van der Waals surface area contributed by atoms with Crippen molar-refractivity contribution >= 4 is 55.8 Å². The first kappa shape index (κ1) is 22.0. The zero-order chi connectivity index (χ0) is 21.5. The van der Waals surface area contributed by atoms with Crippen molar-refractivity contribution in [1.29, 1.82) is 0 Å². The molecule has 0 unspecified atom stereocenters. The van der Waals surface area contributed by atoms with Gasteiger partial charge in [0.05, 0.1) is 23.4 Å². The van der Waals surface area contributed by atoms with Gasteiger partial charge in [-0.1, -0.05) is 0 Å². The molecule has 2 heterocycles. The molecule has 0 spiro atoms. The minimum atomic E-state index is -3.65. The molecule has 0 N–H and O–H groups in total. The Hall–Kier alpha value is -1.17. The molecule has 0 atom stereocenters. The first-order valence-corrected chi connectivity index (χ1v) is 13.6. The third-order valence-corrected chi connectivity index (χ3v) is 9.63. The second-order valence-electron chi connectivity index (χ2n) is 7.57. The van der Waals surface area contributed by atoms with Crippen LogP contribution in [0.4, 0.5) is 11.4 Å². The Balaban J connectivity index is 1.71. The Morgan fingerprint density at radius 2 is 1.77 bits per heavy atom. The van der Waals surface area contributed by atoms with E-state index in [1.54, 1.807) is 41.4 Å². The average molecular weight is 559 g/mol.